The molecule has 1 aromatic heterocycles. The van der Waals surface area contributed by atoms with Crippen molar-refractivity contribution in [2.75, 3.05) is 70.1 Å². The van der Waals surface area contributed by atoms with Gasteiger partial charge >= 0.3 is 6.18 Å². The SMILES string of the molecule is COCCOc1cc(S(C)(=O)=O)ccc1NCC#Cc1cc2c(N[C@H]3CC[C@@H](N4CC5(COC5)C4)CC3)cccc2n1CC(F)(F)F. The minimum absolute atomic E-state index is 0.0892. The fourth-order valence-corrected chi connectivity index (χ4v) is 7.46. The van der Waals surface area contributed by atoms with E-state index in [-0.39, 0.29) is 29.8 Å². The van der Waals surface area contributed by atoms with E-state index in [4.69, 9.17) is 14.2 Å². The molecule has 6 rings (SSSR count). The Morgan fingerprint density at radius 3 is 2.47 bits per heavy atom. The molecule has 3 fully saturated rings. The number of hydrogen-bond donors (Lipinski definition) is 2. The summed E-state index contributed by atoms with van der Waals surface area (Å²) >= 11 is 0. The summed E-state index contributed by atoms with van der Waals surface area (Å²) in [5.41, 5.74) is 2.44. The molecule has 47 heavy (non-hydrogen) atoms. The van der Waals surface area contributed by atoms with E-state index >= 15 is 0 Å². The van der Waals surface area contributed by atoms with Crippen molar-refractivity contribution in [3.63, 3.8) is 0 Å². The molecule has 13 heteroatoms. The first-order chi connectivity index (χ1) is 22.4. The maximum Gasteiger partial charge on any atom is 0.406 e. The van der Waals surface area contributed by atoms with Gasteiger partial charge in [-0.15, -0.1) is 0 Å². The number of nitrogens with one attached hydrogen (secondary N) is 2. The second kappa shape index (κ2) is 13.6. The molecule has 1 saturated carbocycles. The van der Waals surface area contributed by atoms with Crippen molar-refractivity contribution < 1.29 is 35.8 Å². The number of alkyl halides is 3. The van der Waals surface area contributed by atoms with E-state index < -0.39 is 22.6 Å². The molecule has 3 aliphatic rings. The smallest absolute Gasteiger partial charge is 0.406 e. The monoisotopic (exact) mass is 674 g/mol. The third-order valence-corrected chi connectivity index (χ3v) is 10.4. The first-order valence-corrected chi connectivity index (χ1v) is 17.8. The summed E-state index contributed by atoms with van der Waals surface area (Å²) in [5, 5.41) is 7.44. The van der Waals surface area contributed by atoms with Crippen molar-refractivity contribution in [3.05, 3.63) is 48.2 Å². The lowest BCUT2D eigenvalue weighted by molar-refractivity contribution is -0.200. The zero-order valence-corrected chi connectivity index (χ0v) is 27.5. The Morgan fingerprint density at radius 1 is 1.04 bits per heavy atom. The quantitative estimate of drug-likeness (QED) is 0.213. The zero-order chi connectivity index (χ0) is 33.2. The number of halogens is 3. The van der Waals surface area contributed by atoms with Gasteiger partial charge in [-0.2, -0.15) is 13.2 Å². The van der Waals surface area contributed by atoms with Gasteiger partial charge in [0.05, 0.1) is 48.2 Å². The van der Waals surface area contributed by atoms with Crippen LogP contribution in [0.2, 0.25) is 0 Å². The van der Waals surface area contributed by atoms with Crippen LogP contribution in [0.4, 0.5) is 24.5 Å². The van der Waals surface area contributed by atoms with Crippen molar-refractivity contribution in [2.24, 2.45) is 5.41 Å². The predicted octanol–water partition coefficient (Wildman–Crippen LogP) is 5.15. The molecule has 0 unspecified atom stereocenters. The topological polar surface area (TPSA) is 94.1 Å². The number of hydrogen-bond acceptors (Lipinski definition) is 8. The van der Waals surface area contributed by atoms with Crippen LogP contribution in [0, 0.1) is 17.3 Å². The minimum Gasteiger partial charge on any atom is -0.489 e. The fraction of sp³-hybridized carbons (Fsp3) is 0.529. The Labute approximate surface area is 273 Å². The number of anilines is 2. The number of likely N-dealkylation sites (tertiary alicyclic amines) is 1. The molecule has 2 saturated heterocycles. The Balaban J connectivity index is 1.16. The van der Waals surface area contributed by atoms with Gasteiger partial charge in [0.2, 0.25) is 0 Å². The Hall–Kier alpha value is -3.44. The Kier molecular flexibility index (Phi) is 9.67. The van der Waals surface area contributed by atoms with Gasteiger partial charge in [0.15, 0.2) is 9.84 Å². The number of benzene rings is 2. The van der Waals surface area contributed by atoms with Crippen LogP contribution in [0.25, 0.3) is 10.9 Å². The highest BCUT2D eigenvalue weighted by Gasteiger charge is 2.50. The maximum absolute atomic E-state index is 13.7. The molecular weight excluding hydrogens is 633 g/mol. The van der Waals surface area contributed by atoms with Crippen molar-refractivity contribution in [1.82, 2.24) is 9.47 Å². The molecule has 2 aliphatic heterocycles. The summed E-state index contributed by atoms with van der Waals surface area (Å²) in [4.78, 5) is 2.68. The van der Waals surface area contributed by atoms with E-state index in [0.29, 0.717) is 40.4 Å². The van der Waals surface area contributed by atoms with Crippen LogP contribution in [0.5, 0.6) is 5.75 Å². The van der Waals surface area contributed by atoms with E-state index in [2.05, 4.69) is 27.4 Å². The van der Waals surface area contributed by atoms with Crippen molar-refractivity contribution in [1.29, 1.82) is 0 Å². The van der Waals surface area contributed by atoms with Gasteiger partial charge in [-0.3, -0.25) is 4.90 Å². The van der Waals surface area contributed by atoms with E-state index in [0.717, 1.165) is 63.9 Å². The number of methoxy groups -OCH3 is 1. The molecule has 0 bridgehead atoms. The number of nitrogens with zero attached hydrogens (tertiary/aromatic N) is 2. The summed E-state index contributed by atoms with van der Waals surface area (Å²) in [6.07, 6.45) is 0.883. The zero-order valence-electron chi connectivity index (χ0n) is 26.7. The number of fused-ring (bicyclic) bond motifs is 1. The predicted molar refractivity (Wildman–Crippen MR) is 175 cm³/mol. The average molecular weight is 675 g/mol. The second-order valence-electron chi connectivity index (χ2n) is 12.9. The Bertz CT molecular complexity index is 1740. The van der Waals surface area contributed by atoms with Crippen LogP contribution >= 0.6 is 0 Å². The van der Waals surface area contributed by atoms with E-state index in [1.165, 1.54) is 23.8 Å². The fourth-order valence-electron chi connectivity index (χ4n) is 6.82. The normalized spacial score (nSPS) is 21.0. The molecule has 0 amide bonds. The van der Waals surface area contributed by atoms with Gasteiger partial charge in [0.25, 0.3) is 0 Å². The van der Waals surface area contributed by atoms with Crippen LogP contribution in [0.15, 0.2) is 47.4 Å². The van der Waals surface area contributed by atoms with Gasteiger partial charge in [-0.05, 0) is 61.9 Å². The number of sulfone groups is 1. The highest BCUT2D eigenvalue weighted by Crippen LogP contribution is 2.41. The van der Waals surface area contributed by atoms with E-state index in [1.54, 1.807) is 24.3 Å². The van der Waals surface area contributed by atoms with E-state index in [9.17, 15) is 21.6 Å². The van der Waals surface area contributed by atoms with Crippen LogP contribution in [0.1, 0.15) is 31.4 Å². The molecule has 1 spiro atoms. The Morgan fingerprint density at radius 2 is 1.81 bits per heavy atom. The summed E-state index contributed by atoms with van der Waals surface area (Å²) < 4.78 is 82.7. The summed E-state index contributed by atoms with van der Waals surface area (Å²) in [6, 6.07) is 12.4. The summed E-state index contributed by atoms with van der Waals surface area (Å²) in [7, 11) is -1.93. The highest BCUT2D eigenvalue weighted by molar-refractivity contribution is 7.90. The average Bonchev–Trinajstić information content (AvgIpc) is 3.31. The maximum atomic E-state index is 13.7. The van der Waals surface area contributed by atoms with Crippen LogP contribution in [-0.4, -0.2) is 95.6 Å². The molecule has 0 radical (unpaired) electrons. The van der Waals surface area contributed by atoms with Crippen LogP contribution in [-0.2, 0) is 25.9 Å². The van der Waals surface area contributed by atoms with Crippen molar-refractivity contribution in [2.45, 2.75) is 55.4 Å². The first kappa shape index (κ1) is 33.5. The molecule has 3 aromatic rings. The highest BCUT2D eigenvalue weighted by atomic mass is 32.2. The summed E-state index contributed by atoms with van der Waals surface area (Å²) in [5.74, 6) is 6.18. The summed E-state index contributed by atoms with van der Waals surface area (Å²) in [6.45, 7) is 3.45. The number of ether oxygens (including phenoxy) is 3. The standard InChI is InChI=1S/C34H41F3N4O5S/c1-44-15-16-46-32-18-27(47(2,42)43)12-13-30(32)38-14-4-5-26-17-28-29(6-3-7-31(28)41(26)21-34(35,36)37)39-24-8-10-25(11-9-24)40-19-33(20-40)22-45-23-33/h3,6-7,12-13,17-18,24-25,38-39H,8-11,14-16,19-23H2,1-2H3/t24-,25+. The molecule has 1 aliphatic carbocycles. The third kappa shape index (κ3) is 7.83. The molecular formula is C34H41F3N4O5S. The van der Waals surface area contributed by atoms with Gasteiger partial charge in [0, 0.05) is 61.1 Å². The molecule has 9 nitrogen and oxygen atoms in total. The molecule has 254 valence electrons. The largest absolute Gasteiger partial charge is 0.489 e. The molecule has 0 atom stereocenters. The molecule has 2 N–H and O–H groups in total. The van der Waals surface area contributed by atoms with Gasteiger partial charge in [0.1, 0.15) is 18.9 Å². The number of aromatic nitrogens is 1. The van der Waals surface area contributed by atoms with Crippen LogP contribution < -0.4 is 15.4 Å². The molecule has 3 heterocycles. The van der Waals surface area contributed by atoms with Gasteiger partial charge in [-0.1, -0.05) is 12.0 Å². The van der Waals surface area contributed by atoms with Crippen molar-refractivity contribution >= 4 is 32.1 Å². The minimum atomic E-state index is -4.43. The lowest BCUT2D eigenvalue weighted by Gasteiger charge is -2.58. The van der Waals surface area contributed by atoms with E-state index in [1.807, 2.05) is 6.07 Å². The van der Waals surface area contributed by atoms with Crippen LogP contribution in [0.3, 0.4) is 0 Å². The number of rotatable bonds is 11. The van der Waals surface area contributed by atoms with Gasteiger partial charge in [-0.25, -0.2) is 8.42 Å². The lowest BCUT2D eigenvalue weighted by atomic mass is 9.75. The molecule has 2 aromatic carbocycles. The second-order valence-corrected chi connectivity index (χ2v) is 15.0. The lowest BCUT2D eigenvalue weighted by Crippen LogP contribution is -2.68. The third-order valence-electron chi connectivity index (χ3n) is 9.26. The first-order valence-electron chi connectivity index (χ1n) is 15.9. The van der Waals surface area contributed by atoms with Gasteiger partial charge < -0.3 is 29.4 Å². The van der Waals surface area contributed by atoms with Crippen molar-refractivity contribution in [3.8, 4) is 17.6 Å².